The predicted molar refractivity (Wildman–Crippen MR) is 76.7 cm³/mol. The maximum Gasteiger partial charge on any atom is 0.266 e. The molecule has 1 N–H and O–H groups in total. The van der Waals surface area contributed by atoms with Crippen LogP contribution in [0.4, 0.5) is 0 Å². The van der Waals surface area contributed by atoms with Gasteiger partial charge < -0.3 is 8.83 Å². The summed E-state index contributed by atoms with van der Waals surface area (Å²) in [7, 11) is 0. The number of furan rings is 2. The van der Waals surface area contributed by atoms with E-state index in [1.807, 2.05) is 0 Å². The monoisotopic (exact) mass is 302 g/mol. The first kappa shape index (κ1) is 13.3. The summed E-state index contributed by atoms with van der Waals surface area (Å²) >= 11 is 5.04. The largest absolute Gasteiger partial charge is 0.467 e. The van der Waals surface area contributed by atoms with Gasteiger partial charge in [0.1, 0.15) is 17.1 Å². The molecule has 1 fully saturated rings. The van der Waals surface area contributed by atoms with Gasteiger partial charge in [-0.1, -0.05) is 0 Å². The van der Waals surface area contributed by atoms with Crippen LogP contribution in [0, 0.1) is 0 Å². The maximum absolute atomic E-state index is 12.4. The molecule has 1 saturated heterocycles. The van der Waals surface area contributed by atoms with Crippen LogP contribution in [-0.2, 0) is 16.1 Å². The van der Waals surface area contributed by atoms with Gasteiger partial charge >= 0.3 is 0 Å². The zero-order valence-electron chi connectivity index (χ0n) is 10.7. The van der Waals surface area contributed by atoms with E-state index in [1.54, 1.807) is 24.3 Å². The summed E-state index contributed by atoms with van der Waals surface area (Å²) < 4.78 is 10.3. The maximum atomic E-state index is 12.4. The van der Waals surface area contributed by atoms with Crippen LogP contribution in [-0.4, -0.2) is 21.8 Å². The third-order valence-electron chi connectivity index (χ3n) is 2.91. The first-order valence-corrected chi connectivity index (χ1v) is 6.51. The van der Waals surface area contributed by atoms with Crippen molar-refractivity contribution in [2.45, 2.75) is 6.54 Å². The topological polar surface area (TPSA) is 75.7 Å². The number of thiocarbonyl (C=S) groups is 1. The van der Waals surface area contributed by atoms with E-state index in [0.29, 0.717) is 11.5 Å². The Kier molecular flexibility index (Phi) is 3.41. The summed E-state index contributed by atoms with van der Waals surface area (Å²) in [4.78, 5) is 25.6. The molecule has 0 radical (unpaired) electrons. The van der Waals surface area contributed by atoms with Crippen molar-refractivity contribution < 1.29 is 18.4 Å². The fourth-order valence-corrected chi connectivity index (χ4v) is 2.15. The molecule has 1 aliphatic heterocycles. The highest BCUT2D eigenvalue weighted by atomic mass is 32.1. The fourth-order valence-electron chi connectivity index (χ4n) is 1.91. The standard InChI is InChI=1S/C14H10N2O4S/c17-12-11(7-9-3-1-5-19-9)13(18)16(14(21)15-12)8-10-4-2-6-20-10/h1-7H,8H2,(H,15,17,21)/b11-7-. The van der Waals surface area contributed by atoms with Crippen molar-refractivity contribution in [2.75, 3.05) is 0 Å². The smallest absolute Gasteiger partial charge is 0.266 e. The molecule has 0 spiro atoms. The van der Waals surface area contributed by atoms with Gasteiger partial charge in [-0.05, 0) is 42.6 Å². The van der Waals surface area contributed by atoms with Crippen molar-refractivity contribution in [1.29, 1.82) is 0 Å². The number of nitrogens with zero attached hydrogens (tertiary/aromatic N) is 1. The lowest BCUT2D eigenvalue weighted by Gasteiger charge is -2.27. The molecule has 0 aliphatic carbocycles. The summed E-state index contributed by atoms with van der Waals surface area (Å²) in [6.45, 7) is 0.153. The minimum atomic E-state index is -0.544. The highest BCUT2D eigenvalue weighted by Gasteiger charge is 2.34. The van der Waals surface area contributed by atoms with Gasteiger partial charge in [0.25, 0.3) is 11.8 Å². The van der Waals surface area contributed by atoms with Gasteiger partial charge in [-0.2, -0.15) is 0 Å². The van der Waals surface area contributed by atoms with Gasteiger partial charge in [-0.15, -0.1) is 0 Å². The Labute approximate surface area is 125 Å². The molecule has 7 heteroatoms. The fraction of sp³-hybridized carbons (Fsp3) is 0.0714. The zero-order valence-corrected chi connectivity index (χ0v) is 11.6. The molecule has 3 rings (SSSR count). The Morgan fingerprint density at radius 2 is 1.95 bits per heavy atom. The first-order chi connectivity index (χ1) is 10.1. The van der Waals surface area contributed by atoms with Gasteiger partial charge in [0.15, 0.2) is 5.11 Å². The molecule has 0 aromatic carbocycles. The Morgan fingerprint density at radius 3 is 2.62 bits per heavy atom. The van der Waals surface area contributed by atoms with Crippen molar-refractivity contribution in [1.82, 2.24) is 10.2 Å². The number of carbonyl (C=O) groups excluding carboxylic acids is 2. The predicted octanol–water partition coefficient (Wildman–Crippen LogP) is 1.70. The average molecular weight is 302 g/mol. The molecule has 0 bridgehead atoms. The van der Waals surface area contributed by atoms with Crippen LogP contribution in [0.25, 0.3) is 6.08 Å². The minimum absolute atomic E-state index is 0.0369. The van der Waals surface area contributed by atoms with E-state index in [2.05, 4.69) is 5.32 Å². The Balaban J connectivity index is 1.90. The van der Waals surface area contributed by atoms with Crippen LogP contribution in [0.3, 0.4) is 0 Å². The van der Waals surface area contributed by atoms with E-state index >= 15 is 0 Å². The van der Waals surface area contributed by atoms with Crippen LogP contribution < -0.4 is 5.32 Å². The summed E-state index contributed by atoms with van der Waals surface area (Å²) in [5, 5.41) is 2.53. The lowest BCUT2D eigenvalue weighted by molar-refractivity contribution is -0.129. The highest BCUT2D eigenvalue weighted by molar-refractivity contribution is 7.80. The van der Waals surface area contributed by atoms with Crippen molar-refractivity contribution in [2.24, 2.45) is 0 Å². The summed E-state index contributed by atoms with van der Waals surface area (Å²) in [6.07, 6.45) is 4.35. The number of carbonyl (C=O) groups is 2. The number of hydrogen-bond acceptors (Lipinski definition) is 5. The van der Waals surface area contributed by atoms with Gasteiger partial charge in [0.2, 0.25) is 0 Å². The SMILES string of the molecule is O=C1NC(=S)N(Cc2ccco2)C(=O)/C1=C\c1ccco1. The van der Waals surface area contributed by atoms with Crippen molar-refractivity contribution in [3.63, 3.8) is 0 Å². The van der Waals surface area contributed by atoms with Crippen LogP contribution in [0.15, 0.2) is 51.2 Å². The van der Waals surface area contributed by atoms with Crippen LogP contribution in [0.5, 0.6) is 0 Å². The van der Waals surface area contributed by atoms with Gasteiger partial charge in [-0.25, -0.2) is 0 Å². The quantitative estimate of drug-likeness (QED) is 0.530. The number of nitrogens with one attached hydrogen (secondary N) is 1. The molecule has 0 saturated carbocycles. The lowest BCUT2D eigenvalue weighted by atomic mass is 10.1. The molecule has 1 aliphatic rings. The molecule has 2 aromatic rings. The summed E-state index contributed by atoms with van der Waals surface area (Å²) in [5.74, 6) is -0.0490. The second-order valence-electron chi connectivity index (χ2n) is 4.30. The van der Waals surface area contributed by atoms with Crippen molar-refractivity contribution in [3.05, 3.63) is 53.9 Å². The Morgan fingerprint density at radius 1 is 1.19 bits per heavy atom. The molecule has 3 heterocycles. The molecule has 21 heavy (non-hydrogen) atoms. The first-order valence-electron chi connectivity index (χ1n) is 6.10. The normalized spacial score (nSPS) is 17.4. The average Bonchev–Trinajstić information content (AvgIpc) is 3.13. The number of amides is 2. The van der Waals surface area contributed by atoms with E-state index in [-0.39, 0.29) is 17.2 Å². The molecule has 0 atom stereocenters. The molecule has 106 valence electrons. The third-order valence-corrected chi connectivity index (χ3v) is 3.23. The zero-order chi connectivity index (χ0) is 14.8. The summed E-state index contributed by atoms with van der Waals surface area (Å²) in [6, 6.07) is 6.76. The minimum Gasteiger partial charge on any atom is -0.467 e. The second kappa shape index (κ2) is 5.37. The van der Waals surface area contributed by atoms with Crippen molar-refractivity contribution >= 4 is 35.2 Å². The second-order valence-corrected chi connectivity index (χ2v) is 4.69. The molecular formula is C14H10N2O4S. The lowest BCUT2D eigenvalue weighted by Crippen LogP contribution is -2.53. The van der Waals surface area contributed by atoms with Gasteiger partial charge in [-0.3, -0.25) is 19.8 Å². The Bertz CT molecular complexity index is 716. The molecule has 2 amide bonds. The van der Waals surface area contributed by atoms with Gasteiger partial charge in [0, 0.05) is 0 Å². The van der Waals surface area contributed by atoms with Gasteiger partial charge in [0.05, 0.1) is 19.1 Å². The van der Waals surface area contributed by atoms with Crippen molar-refractivity contribution in [3.8, 4) is 0 Å². The van der Waals surface area contributed by atoms with Crippen LogP contribution >= 0.6 is 12.2 Å². The number of hydrogen-bond donors (Lipinski definition) is 1. The molecular weight excluding hydrogens is 292 g/mol. The molecule has 2 aromatic heterocycles. The van der Waals surface area contributed by atoms with E-state index in [0.717, 1.165) is 0 Å². The molecule has 0 unspecified atom stereocenters. The third kappa shape index (κ3) is 2.63. The molecule has 6 nitrogen and oxygen atoms in total. The van der Waals surface area contributed by atoms with Crippen LogP contribution in [0.1, 0.15) is 11.5 Å². The Hall–Kier alpha value is -2.67. The highest BCUT2D eigenvalue weighted by Crippen LogP contribution is 2.17. The van der Waals surface area contributed by atoms with E-state index < -0.39 is 11.8 Å². The van der Waals surface area contributed by atoms with E-state index in [1.165, 1.54) is 23.5 Å². The van der Waals surface area contributed by atoms with Crippen LogP contribution in [0.2, 0.25) is 0 Å². The number of rotatable bonds is 3. The van der Waals surface area contributed by atoms with E-state index in [4.69, 9.17) is 21.1 Å². The van der Waals surface area contributed by atoms with E-state index in [9.17, 15) is 9.59 Å². The summed E-state index contributed by atoms with van der Waals surface area (Å²) in [5.41, 5.74) is -0.0369.